The fourth-order valence-electron chi connectivity index (χ4n) is 7.43. The van der Waals surface area contributed by atoms with E-state index in [9.17, 15) is 4.79 Å². The number of carbonyl (C=O) groups excluding carboxylic acids is 1. The van der Waals surface area contributed by atoms with Gasteiger partial charge in [0.25, 0.3) is 0 Å². The summed E-state index contributed by atoms with van der Waals surface area (Å²) in [7, 11) is 0. The molecule has 4 rings (SSSR count). The highest BCUT2D eigenvalue weighted by atomic mass is 35.5. The third-order valence-corrected chi connectivity index (χ3v) is 9.68. The molecule has 1 aromatic carbocycles. The lowest BCUT2D eigenvalue weighted by Gasteiger charge is -2.63. The Morgan fingerprint density at radius 1 is 1.12 bits per heavy atom. The first-order chi connectivity index (χ1) is 19.0. The maximum atomic E-state index is 13.4. The minimum absolute atomic E-state index is 0.00960. The molecule has 1 heterocycles. The Balaban J connectivity index is 1.35. The lowest BCUT2D eigenvalue weighted by Crippen LogP contribution is -2.65. The van der Waals surface area contributed by atoms with Crippen molar-refractivity contribution in [1.29, 1.82) is 5.26 Å². The van der Waals surface area contributed by atoms with E-state index in [0.717, 1.165) is 55.5 Å². The molecule has 1 fully saturated rings. The molecule has 40 heavy (non-hydrogen) atoms. The number of halogens is 1. The Morgan fingerprint density at radius 3 is 2.55 bits per heavy atom. The summed E-state index contributed by atoms with van der Waals surface area (Å²) in [5.74, 6) is 8.58. The fraction of sp³-hybridized carbons (Fsp3) is 0.571. The molecule has 2 aromatic rings. The van der Waals surface area contributed by atoms with Gasteiger partial charge in [0.1, 0.15) is 23.6 Å². The van der Waals surface area contributed by atoms with Crippen LogP contribution in [0.1, 0.15) is 114 Å². The van der Waals surface area contributed by atoms with Gasteiger partial charge in [0.05, 0.1) is 16.3 Å². The van der Waals surface area contributed by atoms with Crippen molar-refractivity contribution in [1.82, 2.24) is 4.98 Å². The van der Waals surface area contributed by atoms with E-state index in [2.05, 4.69) is 59.5 Å². The molecule has 0 aliphatic heterocycles. The summed E-state index contributed by atoms with van der Waals surface area (Å²) in [6, 6.07) is 11.2. The van der Waals surface area contributed by atoms with E-state index in [1.807, 2.05) is 18.2 Å². The van der Waals surface area contributed by atoms with E-state index in [4.69, 9.17) is 26.6 Å². The first kappa shape index (κ1) is 30.1. The lowest BCUT2D eigenvalue weighted by atomic mass is 9.44. The van der Waals surface area contributed by atoms with Gasteiger partial charge >= 0.3 is 0 Å². The van der Waals surface area contributed by atoms with Gasteiger partial charge in [0, 0.05) is 34.8 Å². The molecule has 2 aliphatic carbocycles. The molecule has 2 aliphatic rings. The van der Waals surface area contributed by atoms with Gasteiger partial charge in [-0.25, -0.2) is 4.98 Å². The summed E-state index contributed by atoms with van der Waals surface area (Å²) >= 11 is 6.24. The van der Waals surface area contributed by atoms with Crippen LogP contribution in [0.4, 0.5) is 0 Å². The predicted molar refractivity (Wildman–Crippen MR) is 161 cm³/mol. The molecular weight excluding hydrogens is 516 g/mol. The Bertz CT molecular complexity index is 1330. The number of ether oxygens (including phenoxy) is 1. The Morgan fingerprint density at radius 2 is 1.88 bits per heavy atom. The minimum atomic E-state index is -0.0526. The van der Waals surface area contributed by atoms with E-state index in [-0.39, 0.29) is 28.6 Å². The molecular formula is C35H43ClN2O2. The molecule has 0 saturated heterocycles. The number of nitriles is 1. The molecule has 0 N–H and O–H groups in total. The van der Waals surface area contributed by atoms with Crippen molar-refractivity contribution < 1.29 is 9.53 Å². The zero-order chi connectivity index (χ0) is 29.1. The van der Waals surface area contributed by atoms with Gasteiger partial charge in [-0.05, 0) is 74.1 Å². The molecule has 4 nitrogen and oxygen atoms in total. The maximum Gasteiger partial charge on any atom is 0.167 e. The number of fused-ring (bicyclic) bond motifs is 1. The number of hydrogen-bond donors (Lipinski definition) is 0. The summed E-state index contributed by atoms with van der Waals surface area (Å²) in [6.45, 7) is 13.5. The Labute approximate surface area is 245 Å². The second-order valence-electron chi connectivity index (χ2n) is 13.0. The summed E-state index contributed by atoms with van der Waals surface area (Å²) in [4.78, 5) is 18.2. The van der Waals surface area contributed by atoms with Crippen molar-refractivity contribution in [2.45, 2.75) is 99.0 Å². The highest BCUT2D eigenvalue weighted by Gasteiger charge is 2.62. The van der Waals surface area contributed by atoms with Crippen LogP contribution in [0.2, 0.25) is 5.02 Å². The second-order valence-corrected chi connectivity index (χ2v) is 13.5. The van der Waals surface area contributed by atoms with Crippen LogP contribution >= 0.6 is 11.6 Å². The molecule has 0 bridgehead atoms. The zero-order valence-corrected chi connectivity index (χ0v) is 25.7. The lowest BCUT2D eigenvalue weighted by molar-refractivity contribution is -0.201. The summed E-state index contributed by atoms with van der Waals surface area (Å²) < 4.78 is 6.44. The highest BCUT2D eigenvalue weighted by Crippen LogP contribution is 2.62. The number of aromatic nitrogens is 1. The van der Waals surface area contributed by atoms with Crippen LogP contribution in [0.25, 0.3) is 0 Å². The SMILES string of the molecule is CCCC(C)CCC#Cc1ccc2c(n1)CCC(CC[C@H]1C(C)(C)[C@H](Oc3ccc(C#N)c(Cl)c3)C1(C)C)C2=O. The van der Waals surface area contributed by atoms with E-state index in [0.29, 0.717) is 28.2 Å². The van der Waals surface area contributed by atoms with Gasteiger partial charge in [-0.1, -0.05) is 71.9 Å². The largest absolute Gasteiger partial charge is 0.489 e. The molecule has 0 spiro atoms. The Hall–Kier alpha value is -2.82. The molecule has 1 saturated carbocycles. The average molecular weight is 559 g/mol. The van der Waals surface area contributed by atoms with Crippen LogP contribution in [-0.2, 0) is 6.42 Å². The van der Waals surface area contributed by atoms with Gasteiger partial charge < -0.3 is 4.74 Å². The summed E-state index contributed by atoms with van der Waals surface area (Å²) in [5.41, 5.74) is 2.81. The van der Waals surface area contributed by atoms with Crippen LogP contribution < -0.4 is 4.74 Å². The maximum absolute atomic E-state index is 13.4. The number of ketones is 1. The molecule has 0 radical (unpaired) electrons. The van der Waals surface area contributed by atoms with Gasteiger partial charge in [-0.15, -0.1) is 0 Å². The van der Waals surface area contributed by atoms with Gasteiger partial charge in [-0.2, -0.15) is 5.26 Å². The Kier molecular flexibility index (Phi) is 9.32. The van der Waals surface area contributed by atoms with Crippen LogP contribution in [0, 0.1) is 51.8 Å². The molecule has 1 aromatic heterocycles. The van der Waals surface area contributed by atoms with Crippen molar-refractivity contribution in [2.75, 3.05) is 0 Å². The number of benzene rings is 1. The average Bonchev–Trinajstić information content (AvgIpc) is 2.91. The van der Waals surface area contributed by atoms with E-state index < -0.39 is 0 Å². The van der Waals surface area contributed by atoms with Crippen molar-refractivity contribution >= 4 is 17.4 Å². The first-order valence-electron chi connectivity index (χ1n) is 14.9. The quantitative estimate of drug-likeness (QED) is 0.288. The van der Waals surface area contributed by atoms with Crippen molar-refractivity contribution in [2.24, 2.45) is 28.6 Å². The summed E-state index contributed by atoms with van der Waals surface area (Å²) in [5, 5.41) is 9.57. The predicted octanol–water partition coefficient (Wildman–Crippen LogP) is 8.83. The van der Waals surface area contributed by atoms with E-state index in [1.54, 1.807) is 12.1 Å². The first-order valence-corrected chi connectivity index (χ1v) is 15.3. The molecule has 212 valence electrons. The minimum Gasteiger partial charge on any atom is -0.489 e. The number of nitrogens with zero attached hydrogens (tertiary/aromatic N) is 2. The zero-order valence-electron chi connectivity index (χ0n) is 24.9. The third kappa shape index (κ3) is 6.24. The number of aryl methyl sites for hydroxylation is 1. The molecule has 2 unspecified atom stereocenters. The van der Waals surface area contributed by atoms with Crippen LogP contribution in [0.5, 0.6) is 5.75 Å². The number of carbonyl (C=O) groups is 1. The van der Waals surface area contributed by atoms with Gasteiger partial charge in [0.2, 0.25) is 0 Å². The topological polar surface area (TPSA) is 63.0 Å². The molecule has 0 amide bonds. The fourth-order valence-corrected chi connectivity index (χ4v) is 7.64. The monoisotopic (exact) mass is 558 g/mol. The highest BCUT2D eigenvalue weighted by molar-refractivity contribution is 6.31. The number of hydrogen-bond acceptors (Lipinski definition) is 4. The van der Waals surface area contributed by atoms with Crippen LogP contribution in [0.3, 0.4) is 0 Å². The van der Waals surface area contributed by atoms with Crippen molar-refractivity contribution in [3.8, 4) is 23.7 Å². The van der Waals surface area contributed by atoms with Crippen molar-refractivity contribution in [3.63, 3.8) is 0 Å². The van der Waals surface area contributed by atoms with E-state index >= 15 is 0 Å². The van der Waals surface area contributed by atoms with Crippen LogP contribution in [0.15, 0.2) is 30.3 Å². The molecule has 2 atom stereocenters. The number of Topliss-reactive ketones (excluding diaryl/α,β-unsaturated/α-hetero) is 1. The smallest absolute Gasteiger partial charge is 0.167 e. The third-order valence-electron chi connectivity index (χ3n) is 9.37. The standard InChI is InChI=1S/C35H43ClN2O2/c1-7-10-23(2)11-8-9-12-26-16-18-28-30(38-26)19-14-24(32(28)39)15-20-31-34(3,4)33(35(31,5)6)40-27-17-13-25(22-37)29(36)21-27/h13,16-18,21,23-24,31,33H,7-8,10-11,14-15,19-20H2,1-6H3/t23?,24?,31-,33-. The normalized spacial score (nSPS) is 23.1. The second kappa shape index (κ2) is 12.4. The van der Waals surface area contributed by atoms with Crippen LogP contribution in [-0.4, -0.2) is 16.9 Å². The van der Waals surface area contributed by atoms with E-state index in [1.165, 1.54) is 12.8 Å². The summed E-state index contributed by atoms with van der Waals surface area (Å²) in [6.07, 6.45) is 8.03. The molecule has 5 heteroatoms. The number of rotatable bonds is 9. The number of pyridine rings is 1. The van der Waals surface area contributed by atoms with Gasteiger partial charge in [0.15, 0.2) is 5.78 Å². The van der Waals surface area contributed by atoms with Crippen molar-refractivity contribution in [3.05, 3.63) is 57.9 Å². The van der Waals surface area contributed by atoms with Gasteiger partial charge in [-0.3, -0.25) is 4.79 Å².